The summed E-state index contributed by atoms with van der Waals surface area (Å²) in [5.74, 6) is 1.33. The predicted molar refractivity (Wildman–Crippen MR) is 123 cm³/mol. The second kappa shape index (κ2) is 8.23. The van der Waals surface area contributed by atoms with Gasteiger partial charge in [0, 0.05) is 18.1 Å². The molecule has 0 amide bonds. The van der Waals surface area contributed by atoms with Gasteiger partial charge in [0.15, 0.2) is 0 Å². The van der Waals surface area contributed by atoms with Gasteiger partial charge < -0.3 is 10.6 Å². The van der Waals surface area contributed by atoms with Gasteiger partial charge in [0.05, 0.1) is 29.0 Å². The van der Waals surface area contributed by atoms with Crippen molar-refractivity contribution in [3.05, 3.63) is 97.2 Å². The molecule has 7 heteroatoms. The van der Waals surface area contributed by atoms with Crippen LogP contribution in [0.4, 0.5) is 17.3 Å². The number of rotatable bonds is 6. The van der Waals surface area contributed by atoms with E-state index < -0.39 is 0 Å². The zero-order valence-electron chi connectivity index (χ0n) is 17.0. The zero-order valence-corrected chi connectivity index (χ0v) is 17.0. The van der Waals surface area contributed by atoms with Crippen LogP contribution in [0.3, 0.4) is 0 Å². The Labute approximate surface area is 179 Å². The second-order valence-corrected chi connectivity index (χ2v) is 7.20. The second-order valence-electron chi connectivity index (χ2n) is 7.20. The first-order valence-electron chi connectivity index (χ1n) is 10.1. The van der Waals surface area contributed by atoms with E-state index in [-0.39, 0.29) is 6.04 Å². The first-order chi connectivity index (χ1) is 15.3. The maximum atomic E-state index is 4.70. The number of hydrogen-bond acceptors (Lipinski definition) is 6. The number of imidazole rings is 1. The molecule has 0 radical (unpaired) electrons. The molecule has 0 unspecified atom stereocenters. The standard InChI is InChI=1S/C24H21N7/c1-17(18-6-3-2-4-7-18)28-24-26-13-11-23(30-24)31-16-27-21-14-19(9-10-22(21)31)29-20-8-5-12-25-15-20/h2-17,29H,1H3,(H,26,28,30)/t17-/m0/s1. The highest BCUT2D eigenvalue weighted by Gasteiger charge is 2.10. The Kier molecular flexibility index (Phi) is 4.98. The van der Waals surface area contributed by atoms with Crippen LogP contribution in [0.5, 0.6) is 0 Å². The van der Waals surface area contributed by atoms with E-state index in [1.165, 1.54) is 5.56 Å². The summed E-state index contributed by atoms with van der Waals surface area (Å²) < 4.78 is 1.96. The number of pyridine rings is 1. The molecule has 3 heterocycles. The van der Waals surface area contributed by atoms with E-state index in [0.29, 0.717) is 5.95 Å². The molecule has 0 saturated heterocycles. The van der Waals surface area contributed by atoms with E-state index >= 15 is 0 Å². The van der Waals surface area contributed by atoms with Crippen LogP contribution in [0.2, 0.25) is 0 Å². The summed E-state index contributed by atoms with van der Waals surface area (Å²) in [7, 11) is 0. The quantitative estimate of drug-likeness (QED) is 0.406. The highest BCUT2D eigenvalue weighted by atomic mass is 15.2. The molecule has 7 nitrogen and oxygen atoms in total. The SMILES string of the molecule is C[C@H](Nc1nccc(-n2cnc3cc(Nc4cccnc4)ccc32)n1)c1ccccc1. The van der Waals surface area contributed by atoms with E-state index in [1.807, 2.05) is 59.2 Å². The average molecular weight is 407 g/mol. The highest BCUT2D eigenvalue weighted by Crippen LogP contribution is 2.24. The third-order valence-corrected chi connectivity index (χ3v) is 5.03. The maximum Gasteiger partial charge on any atom is 0.225 e. The third-order valence-electron chi connectivity index (χ3n) is 5.03. The van der Waals surface area contributed by atoms with Crippen molar-refractivity contribution in [3.8, 4) is 5.82 Å². The number of nitrogens with one attached hydrogen (secondary N) is 2. The highest BCUT2D eigenvalue weighted by molar-refractivity contribution is 5.82. The van der Waals surface area contributed by atoms with Crippen LogP contribution >= 0.6 is 0 Å². The summed E-state index contributed by atoms with van der Waals surface area (Å²) in [4.78, 5) is 17.8. The molecule has 1 atom stereocenters. The van der Waals surface area contributed by atoms with Crippen molar-refractivity contribution in [2.24, 2.45) is 0 Å². The van der Waals surface area contributed by atoms with E-state index in [0.717, 1.165) is 28.2 Å². The van der Waals surface area contributed by atoms with E-state index in [1.54, 1.807) is 24.9 Å². The van der Waals surface area contributed by atoms with Crippen LogP contribution in [0, 0.1) is 0 Å². The summed E-state index contributed by atoms with van der Waals surface area (Å²) in [6.07, 6.45) is 7.08. The molecular formula is C24H21N7. The Morgan fingerprint density at radius 2 is 1.77 bits per heavy atom. The third kappa shape index (κ3) is 4.06. The van der Waals surface area contributed by atoms with Gasteiger partial charge >= 0.3 is 0 Å². The number of nitrogens with zero attached hydrogens (tertiary/aromatic N) is 5. The van der Waals surface area contributed by atoms with Crippen molar-refractivity contribution < 1.29 is 0 Å². The van der Waals surface area contributed by atoms with Crippen LogP contribution in [0.15, 0.2) is 91.6 Å². The number of fused-ring (bicyclic) bond motifs is 1. The lowest BCUT2D eigenvalue weighted by atomic mass is 10.1. The van der Waals surface area contributed by atoms with Crippen LogP contribution in [0.25, 0.3) is 16.9 Å². The molecule has 0 spiro atoms. The molecule has 0 aliphatic heterocycles. The Hall–Kier alpha value is -4.26. The molecular weight excluding hydrogens is 386 g/mol. The molecule has 3 aromatic heterocycles. The van der Waals surface area contributed by atoms with Crippen LogP contribution < -0.4 is 10.6 Å². The van der Waals surface area contributed by atoms with Gasteiger partial charge in [-0.2, -0.15) is 4.98 Å². The van der Waals surface area contributed by atoms with Gasteiger partial charge in [0.25, 0.3) is 0 Å². The Balaban J connectivity index is 1.40. The minimum atomic E-state index is 0.0945. The Morgan fingerprint density at radius 3 is 2.61 bits per heavy atom. The molecule has 5 rings (SSSR count). The Morgan fingerprint density at radius 1 is 0.871 bits per heavy atom. The van der Waals surface area contributed by atoms with Crippen molar-refractivity contribution in [2.75, 3.05) is 10.6 Å². The van der Waals surface area contributed by atoms with Crippen molar-refractivity contribution in [2.45, 2.75) is 13.0 Å². The van der Waals surface area contributed by atoms with Gasteiger partial charge in [0.1, 0.15) is 12.1 Å². The molecule has 2 aromatic carbocycles. The first-order valence-corrected chi connectivity index (χ1v) is 10.1. The normalized spacial score (nSPS) is 11.9. The fourth-order valence-corrected chi connectivity index (χ4v) is 3.45. The van der Waals surface area contributed by atoms with Crippen LogP contribution in [-0.4, -0.2) is 24.5 Å². The van der Waals surface area contributed by atoms with E-state index in [4.69, 9.17) is 4.98 Å². The predicted octanol–water partition coefficient (Wildman–Crippen LogP) is 5.13. The molecule has 0 bridgehead atoms. The minimum absolute atomic E-state index is 0.0945. The number of aromatic nitrogens is 5. The maximum absolute atomic E-state index is 4.70. The van der Waals surface area contributed by atoms with Crippen molar-refractivity contribution in [3.63, 3.8) is 0 Å². The van der Waals surface area contributed by atoms with Crippen LogP contribution in [-0.2, 0) is 0 Å². The summed E-state index contributed by atoms with van der Waals surface area (Å²) in [6.45, 7) is 2.09. The summed E-state index contributed by atoms with van der Waals surface area (Å²) in [6, 6.07) is 22.1. The topological polar surface area (TPSA) is 80.5 Å². The van der Waals surface area contributed by atoms with E-state index in [9.17, 15) is 0 Å². The molecule has 0 aliphatic rings. The largest absolute Gasteiger partial charge is 0.354 e. The molecule has 152 valence electrons. The number of benzene rings is 2. The van der Waals surface area contributed by atoms with Gasteiger partial charge in [-0.15, -0.1) is 0 Å². The molecule has 2 N–H and O–H groups in total. The zero-order chi connectivity index (χ0) is 21.0. The lowest BCUT2D eigenvalue weighted by molar-refractivity contribution is 0.854. The lowest BCUT2D eigenvalue weighted by Crippen LogP contribution is -2.10. The average Bonchev–Trinajstić information content (AvgIpc) is 3.24. The van der Waals surface area contributed by atoms with Gasteiger partial charge in [-0.25, -0.2) is 9.97 Å². The molecule has 5 aromatic rings. The van der Waals surface area contributed by atoms with E-state index in [2.05, 4.69) is 44.6 Å². The minimum Gasteiger partial charge on any atom is -0.354 e. The molecule has 0 saturated carbocycles. The fraction of sp³-hybridized carbons (Fsp3) is 0.0833. The lowest BCUT2D eigenvalue weighted by Gasteiger charge is -2.14. The number of hydrogen-bond donors (Lipinski definition) is 2. The molecule has 0 aliphatic carbocycles. The van der Waals surface area contributed by atoms with Gasteiger partial charge in [-0.3, -0.25) is 9.55 Å². The van der Waals surface area contributed by atoms with Gasteiger partial charge in [-0.05, 0) is 48.9 Å². The smallest absolute Gasteiger partial charge is 0.225 e. The Bertz CT molecular complexity index is 1300. The summed E-state index contributed by atoms with van der Waals surface area (Å²) in [5.41, 5.74) is 4.91. The van der Waals surface area contributed by atoms with Crippen molar-refractivity contribution in [1.29, 1.82) is 0 Å². The van der Waals surface area contributed by atoms with Gasteiger partial charge in [0.2, 0.25) is 5.95 Å². The van der Waals surface area contributed by atoms with Crippen molar-refractivity contribution >= 4 is 28.4 Å². The van der Waals surface area contributed by atoms with Crippen molar-refractivity contribution in [1.82, 2.24) is 24.5 Å². The summed E-state index contributed by atoms with van der Waals surface area (Å²) >= 11 is 0. The fourth-order valence-electron chi connectivity index (χ4n) is 3.45. The molecule has 0 fully saturated rings. The first kappa shape index (κ1) is 18.7. The van der Waals surface area contributed by atoms with Gasteiger partial charge in [-0.1, -0.05) is 30.3 Å². The summed E-state index contributed by atoms with van der Waals surface area (Å²) in [5, 5.41) is 6.72. The monoisotopic (exact) mass is 407 g/mol. The molecule has 31 heavy (non-hydrogen) atoms. The number of anilines is 3. The van der Waals surface area contributed by atoms with Crippen LogP contribution in [0.1, 0.15) is 18.5 Å².